The van der Waals surface area contributed by atoms with Crippen molar-refractivity contribution in [3.8, 4) is 17.2 Å². The second kappa shape index (κ2) is 11.4. The Hall–Kier alpha value is -3.75. The molecule has 34 heavy (non-hydrogen) atoms. The third kappa shape index (κ3) is 5.59. The number of esters is 1. The molecule has 9 heteroatoms. The maximum Gasteiger partial charge on any atom is 0.338 e. The first-order valence-electron chi connectivity index (χ1n) is 11.3. The molecule has 0 radical (unpaired) electrons. The monoisotopic (exact) mass is 470 g/mol. The summed E-state index contributed by atoms with van der Waals surface area (Å²) in [6.07, 6.45) is 0.128. The minimum absolute atomic E-state index is 0.128. The van der Waals surface area contributed by atoms with E-state index in [1.54, 1.807) is 31.2 Å². The van der Waals surface area contributed by atoms with Crippen molar-refractivity contribution >= 4 is 29.2 Å². The summed E-state index contributed by atoms with van der Waals surface area (Å²) in [6, 6.07) is 9.63. The number of ether oxygens (including phenoxy) is 4. The molecule has 0 aliphatic carbocycles. The highest BCUT2D eigenvalue weighted by Crippen LogP contribution is 2.39. The number of anilines is 2. The summed E-state index contributed by atoms with van der Waals surface area (Å²) < 4.78 is 22.3. The van der Waals surface area contributed by atoms with Crippen LogP contribution in [0.4, 0.5) is 11.4 Å². The number of benzene rings is 2. The second-order valence-electron chi connectivity index (χ2n) is 7.56. The van der Waals surface area contributed by atoms with Gasteiger partial charge in [-0.05, 0) is 52.0 Å². The van der Waals surface area contributed by atoms with Crippen LogP contribution in [0, 0.1) is 0 Å². The van der Waals surface area contributed by atoms with Crippen molar-refractivity contribution in [2.45, 2.75) is 40.2 Å². The summed E-state index contributed by atoms with van der Waals surface area (Å²) in [5.74, 6) is -0.213. The fraction of sp³-hybridized carbons (Fsp3) is 0.400. The van der Waals surface area contributed by atoms with Crippen molar-refractivity contribution in [2.24, 2.45) is 0 Å². The van der Waals surface area contributed by atoms with Gasteiger partial charge in [0.25, 0.3) is 5.91 Å². The van der Waals surface area contributed by atoms with Gasteiger partial charge in [0, 0.05) is 12.5 Å². The van der Waals surface area contributed by atoms with Gasteiger partial charge >= 0.3 is 5.97 Å². The molecule has 1 aliphatic rings. The SMILES string of the molecule is CCOc1cc(C(=O)OCC(=O)N2c3ccccc3NC(=O)CC2C)cc(OCC)c1OCC. The highest BCUT2D eigenvalue weighted by molar-refractivity contribution is 6.05. The largest absolute Gasteiger partial charge is 0.490 e. The average Bonchev–Trinajstić information content (AvgIpc) is 2.93. The Kier molecular flexibility index (Phi) is 8.34. The third-order valence-electron chi connectivity index (χ3n) is 5.10. The van der Waals surface area contributed by atoms with Crippen LogP contribution in [0.3, 0.4) is 0 Å². The van der Waals surface area contributed by atoms with Crippen LogP contribution in [-0.4, -0.2) is 50.3 Å². The first-order chi connectivity index (χ1) is 16.4. The van der Waals surface area contributed by atoms with Gasteiger partial charge in [0.1, 0.15) is 0 Å². The number of amides is 2. The van der Waals surface area contributed by atoms with E-state index >= 15 is 0 Å². The maximum atomic E-state index is 13.1. The van der Waals surface area contributed by atoms with E-state index in [2.05, 4.69) is 5.32 Å². The number of hydrogen-bond acceptors (Lipinski definition) is 7. The zero-order valence-corrected chi connectivity index (χ0v) is 19.9. The van der Waals surface area contributed by atoms with Crippen LogP contribution in [0.1, 0.15) is 44.5 Å². The highest BCUT2D eigenvalue weighted by atomic mass is 16.5. The highest BCUT2D eigenvalue weighted by Gasteiger charge is 2.30. The lowest BCUT2D eigenvalue weighted by atomic mass is 10.1. The van der Waals surface area contributed by atoms with Crippen molar-refractivity contribution in [3.63, 3.8) is 0 Å². The predicted molar refractivity (Wildman–Crippen MR) is 127 cm³/mol. The molecule has 1 N–H and O–H groups in total. The van der Waals surface area contributed by atoms with Crippen molar-refractivity contribution in [1.29, 1.82) is 0 Å². The fourth-order valence-electron chi connectivity index (χ4n) is 3.75. The molecule has 1 atom stereocenters. The Morgan fingerprint density at radius 1 is 1.00 bits per heavy atom. The van der Waals surface area contributed by atoms with E-state index in [1.165, 1.54) is 17.0 Å². The van der Waals surface area contributed by atoms with Gasteiger partial charge in [0.05, 0.1) is 36.8 Å². The molecule has 2 amide bonds. The van der Waals surface area contributed by atoms with E-state index in [0.29, 0.717) is 48.4 Å². The molecule has 0 saturated carbocycles. The van der Waals surface area contributed by atoms with Crippen molar-refractivity contribution < 1.29 is 33.3 Å². The minimum atomic E-state index is -0.705. The van der Waals surface area contributed by atoms with Gasteiger partial charge in [-0.25, -0.2) is 4.79 Å². The van der Waals surface area contributed by atoms with Crippen molar-refractivity contribution in [1.82, 2.24) is 0 Å². The van der Waals surface area contributed by atoms with Crippen LogP contribution in [0.2, 0.25) is 0 Å². The lowest BCUT2D eigenvalue weighted by molar-refractivity contribution is -0.122. The van der Waals surface area contributed by atoms with Gasteiger partial charge in [-0.15, -0.1) is 0 Å². The molecular formula is C25H30N2O7. The van der Waals surface area contributed by atoms with Crippen LogP contribution in [0.5, 0.6) is 17.2 Å². The number of fused-ring (bicyclic) bond motifs is 1. The van der Waals surface area contributed by atoms with Crippen molar-refractivity contribution in [3.05, 3.63) is 42.0 Å². The van der Waals surface area contributed by atoms with Crippen LogP contribution in [-0.2, 0) is 14.3 Å². The lowest BCUT2D eigenvalue weighted by Crippen LogP contribution is -2.41. The maximum absolute atomic E-state index is 13.1. The van der Waals surface area contributed by atoms with Gasteiger partial charge in [-0.3, -0.25) is 9.59 Å². The van der Waals surface area contributed by atoms with Crippen LogP contribution in [0.15, 0.2) is 36.4 Å². The van der Waals surface area contributed by atoms with Gasteiger partial charge in [0.2, 0.25) is 11.7 Å². The van der Waals surface area contributed by atoms with E-state index in [1.807, 2.05) is 20.8 Å². The molecule has 1 heterocycles. The topological polar surface area (TPSA) is 103 Å². The molecule has 3 rings (SSSR count). The minimum Gasteiger partial charge on any atom is -0.490 e. The number of carbonyl (C=O) groups excluding carboxylic acids is 3. The zero-order chi connectivity index (χ0) is 24.7. The first kappa shape index (κ1) is 24.9. The average molecular weight is 471 g/mol. The van der Waals surface area contributed by atoms with Gasteiger partial charge in [0.15, 0.2) is 18.1 Å². The molecule has 0 saturated heterocycles. The third-order valence-corrected chi connectivity index (χ3v) is 5.10. The Labute approximate surface area is 198 Å². The van der Waals surface area contributed by atoms with Gasteiger partial charge in [-0.1, -0.05) is 12.1 Å². The predicted octanol–water partition coefficient (Wildman–Crippen LogP) is 3.80. The van der Waals surface area contributed by atoms with E-state index in [0.717, 1.165) is 0 Å². The van der Waals surface area contributed by atoms with Crippen LogP contribution in [0.25, 0.3) is 0 Å². The van der Waals surface area contributed by atoms with E-state index in [9.17, 15) is 14.4 Å². The molecule has 1 aliphatic heterocycles. The summed E-state index contributed by atoms with van der Waals surface area (Å²) >= 11 is 0. The summed E-state index contributed by atoms with van der Waals surface area (Å²) in [4.78, 5) is 39.6. The molecule has 2 aromatic rings. The van der Waals surface area contributed by atoms with E-state index in [-0.39, 0.29) is 17.9 Å². The van der Waals surface area contributed by atoms with Crippen LogP contribution >= 0.6 is 0 Å². The number of rotatable bonds is 9. The quantitative estimate of drug-likeness (QED) is 0.556. The fourth-order valence-corrected chi connectivity index (χ4v) is 3.75. The van der Waals surface area contributed by atoms with Crippen LogP contribution < -0.4 is 24.4 Å². The number of nitrogens with one attached hydrogen (secondary N) is 1. The number of carbonyl (C=O) groups is 3. The second-order valence-corrected chi connectivity index (χ2v) is 7.56. The molecule has 1 unspecified atom stereocenters. The summed E-state index contributed by atoms with van der Waals surface area (Å²) in [5.41, 5.74) is 1.26. The van der Waals surface area contributed by atoms with E-state index < -0.39 is 24.5 Å². The summed E-state index contributed by atoms with van der Waals surface area (Å²) in [6.45, 7) is 7.88. The Bertz CT molecular complexity index is 1030. The molecule has 0 aromatic heterocycles. The number of para-hydroxylation sites is 2. The molecule has 0 spiro atoms. The molecule has 182 valence electrons. The number of hydrogen-bond donors (Lipinski definition) is 1. The van der Waals surface area contributed by atoms with E-state index in [4.69, 9.17) is 18.9 Å². The number of nitrogens with zero attached hydrogens (tertiary/aromatic N) is 1. The molecule has 2 aromatic carbocycles. The summed E-state index contributed by atoms with van der Waals surface area (Å²) in [7, 11) is 0. The van der Waals surface area contributed by atoms with Crippen molar-refractivity contribution in [2.75, 3.05) is 36.6 Å². The Balaban J connectivity index is 1.81. The zero-order valence-electron chi connectivity index (χ0n) is 19.9. The Morgan fingerprint density at radius 2 is 1.62 bits per heavy atom. The van der Waals surface area contributed by atoms with Gasteiger partial charge < -0.3 is 29.2 Å². The van der Waals surface area contributed by atoms with Gasteiger partial charge in [-0.2, -0.15) is 0 Å². The molecule has 0 bridgehead atoms. The molecular weight excluding hydrogens is 440 g/mol. The molecule has 0 fully saturated rings. The Morgan fingerprint density at radius 3 is 2.24 bits per heavy atom. The standard InChI is InChI=1S/C25H30N2O7/c1-5-31-20-13-17(14-21(32-6-2)24(20)33-7-3)25(30)34-15-23(29)27-16(4)12-22(28)26-18-10-8-9-11-19(18)27/h8-11,13-14,16H,5-7,12,15H2,1-4H3,(H,26,28). The normalized spacial score (nSPS) is 15.0. The lowest BCUT2D eigenvalue weighted by Gasteiger charge is -2.27. The smallest absolute Gasteiger partial charge is 0.338 e. The first-order valence-corrected chi connectivity index (χ1v) is 11.3. The molecule has 9 nitrogen and oxygen atoms in total. The summed E-state index contributed by atoms with van der Waals surface area (Å²) in [5, 5.41) is 2.80.